The van der Waals surface area contributed by atoms with Gasteiger partial charge in [0.25, 0.3) is 0 Å². The standard InChI is InChI=1S/C8H8F2N4/c1-5-11-12-13-14(5)7-4-2-3-6(9)8(7)10/h2-4,12-13H,1H3. The number of nitrogens with one attached hydrogen (secondary N) is 2. The van der Waals surface area contributed by atoms with Crippen LogP contribution in [0.25, 0.3) is 0 Å². The highest BCUT2D eigenvalue weighted by molar-refractivity contribution is 5.95. The zero-order chi connectivity index (χ0) is 10.1. The van der Waals surface area contributed by atoms with Gasteiger partial charge in [-0.2, -0.15) is 0 Å². The molecule has 4 nitrogen and oxygen atoms in total. The van der Waals surface area contributed by atoms with E-state index in [9.17, 15) is 8.78 Å². The van der Waals surface area contributed by atoms with Crippen molar-refractivity contribution in [3.05, 3.63) is 29.8 Å². The first-order valence-corrected chi connectivity index (χ1v) is 3.99. The Kier molecular flexibility index (Phi) is 2.05. The second-order valence-electron chi connectivity index (χ2n) is 2.79. The van der Waals surface area contributed by atoms with Crippen LogP contribution >= 0.6 is 0 Å². The summed E-state index contributed by atoms with van der Waals surface area (Å²) in [5.74, 6) is -1.28. The van der Waals surface area contributed by atoms with Crippen molar-refractivity contribution in [1.29, 1.82) is 0 Å². The van der Waals surface area contributed by atoms with E-state index >= 15 is 0 Å². The molecule has 2 rings (SSSR count). The molecule has 1 aliphatic rings. The van der Waals surface area contributed by atoms with Crippen LogP contribution < -0.4 is 16.1 Å². The number of hydrazine groups is 2. The van der Waals surface area contributed by atoms with E-state index in [0.717, 1.165) is 6.07 Å². The molecule has 1 aromatic rings. The minimum Gasteiger partial charge on any atom is -0.240 e. The van der Waals surface area contributed by atoms with Crippen molar-refractivity contribution in [3.8, 4) is 0 Å². The molecule has 0 bridgehead atoms. The molecule has 14 heavy (non-hydrogen) atoms. The van der Waals surface area contributed by atoms with Gasteiger partial charge in [-0.15, -0.1) is 10.6 Å². The van der Waals surface area contributed by atoms with Gasteiger partial charge < -0.3 is 0 Å². The molecule has 1 heterocycles. The fourth-order valence-electron chi connectivity index (χ4n) is 1.19. The fraction of sp³-hybridized carbons (Fsp3) is 0.125. The summed E-state index contributed by atoms with van der Waals surface area (Å²) in [5, 5.41) is 5.07. The molecule has 0 aliphatic carbocycles. The van der Waals surface area contributed by atoms with Gasteiger partial charge in [0, 0.05) is 0 Å². The minimum absolute atomic E-state index is 0.0938. The van der Waals surface area contributed by atoms with E-state index in [0.29, 0.717) is 5.84 Å². The normalized spacial score (nSPS) is 15.4. The lowest BCUT2D eigenvalue weighted by Gasteiger charge is -2.17. The van der Waals surface area contributed by atoms with Crippen molar-refractivity contribution in [2.75, 3.05) is 5.01 Å². The molecule has 0 amide bonds. The molecule has 0 saturated heterocycles. The molecule has 0 atom stereocenters. The van der Waals surface area contributed by atoms with Crippen LogP contribution in [-0.2, 0) is 0 Å². The van der Waals surface area contributed by atoms with Crippen molar-refractivity contribution in [1.82, 2.24) is 11.1 Å². The van der Waals surface area contributed by atoms with Gasteiger partial charge in [0.1, 0.15) is 5.84 Å². The van der Waals surface area contributed by atoms with Gasteiger partial charge in [-0.25, -0.2) is 19.3 Å². The predicted octanol–water partition coefficient (Wildman–Crippen LogP) is 1.13. The van der Waals surface area contributed by atoms with E-state index in [4.69, 9.17) is 0 Å². The van der Waals surface area contributed by atoms with Crippen molar-refractivity contribution in [3.63, 3.8) is 0 Å². The Morgan fingerprint density at radius 2 is 2.14 bits per heavy atom. The monoisotopic (exact) mass is 198 g/mol. The van der Waals surface area contributed by atoms with E-state index in [1.807, 2.05) is 0 Å². The predicted molar refractivity (Wildman–Crippen MR) is 48.2 cm³/mol. The smallest absolute Gasteiger partial charge is 0.184 e. The topological polar surface area (TPSA) is 39.7 Å². The number of hydrogen-bond acceptors (Lipinski definition) is 4. The summed E-state index contributed by atoms with van der Waals surface area (Å²) < 4.78 is 26.2. The summed E-state index contributed by atoms with van der Waals surface area (Å²) in [6.07, 6.45) is 0. The number of rotatable bonds is 1. The Bertz CT molecular complexity index is 391. The molecule has 0 spiro atoms. The fourth-order valence-corrected chi connectivity index (χ4v) is 1.19. The minimum atomic E-state index is -0.904. The summed E-state index contributed by atoms with van der Waals surface area (Å²) in [6.45, 7) is 1.66. The quantitative estimate of drug-likeness (QED) is 0.710. The van der Waals surface area contributed by atoms with E-state index < -0.39 is 11.6 Å². The van der Waals surface area contributed by atoms with E-state index in [-0.39, 0.29) is 5.69 Å². The lowest BCUT2D eigenvalue weighted by atomic mass is 10.3. The maximum absolute atomic E-state index is 13.3. The number of benzene rings is 1. The van der Waals surface area contributed by atoms with E-state index in [1.54, 1.807) is 6.92 Å². The number of nitrogens with zero attached hydrogens (tertiary/aromatic N) is 2. The summed E-state index contributed by atoms with van der Waals surface area (Å²) in [5.41, 5.74) is 5.10. The molecule has 74 valence electrons. The van der Waals surface area contributed by atoms with Gasteiger partial charge in [0.05, 0.1) is 5.69 Å². The zero-order valence-electron chi connectivity index (χ0n) is 7.38. The average molecular weight is 198 g/mol. The van der Waals surface area contributed by atoms with Crippen LogP contribution in [0.3, 0.4) is 0 Å². The van der Waals surface area contributed by atoms with Crippen molar-refractivity contribution >= 4 is 11.5 Å². The second kappa shape index (κ2) is 3.22. The van der Waals surface area contributed by atoms with Gasteiger partial charge in [-0.1, -0.05) is 6.07 Å². The number of halogens is 2. The number of amidine groups is 1. The summed E-state index contributed by atoms with van der Waals surface area (Å²) in [7, 11) is 0. The molecule has 0 fully saturated rings. The maximum atomic E-state index is 13.3. The summed E-state index contributed by atoms with van der Waals surface area (Å²) in [4.78, 5) is 0. The van der Waals surface area contributed by atoms with Gasteiger partial charge in [-0.05, 0) is 19.1 Å². The van der Waals surface area contributed by atoms with Crippen LogP contribution in [0.4, 0.5) is 14.5 Å². The van der Waals surface area contributed by atoms with Crippen LogP contribution in [0.2, 0.25) is 0 Å². The van der Waals surface area contributed by atoms with Crippen molar-refractivity contribution in [2.45, 2.75) is 6.92 Å². The summed E-state index contributed by atoms with van der Waals surface area (Å²) >= 11 is 0. The number of hydrogen-bond donors (Lipinski definition) is 2. The van der Waals surface area contributed by atoms with Crippen LogP contribution in [0, 0.1) is 11.6 Å². The van der Waals surface area contributed by atoms with Crippen LogP contribution in [0.1, 0.15) is 6.92 Å². The Labute approximate surface area is 79.2 Å². The highest BCUT2D eigenvalue weighted by Crippen LogP contribution is 2.20. The molecule has 0 aromatic heterocycles. The molecular weight excluding hydrogens is 190 g/mol. The van der Waals surface area contributed by atoms with Crippen molar-refractivity contribution < 1.29 is 8.78 Å². The first kappa shape index (κ1) is 8.89. The molecular formula is C8H8F2N4. The van der Waals surface area contributed by atoms with Crippen LogP contribution in [0.5, 0.6) is 0 Å². The largest absolute Gasteiger partial charge is 0.240 e. The first-order chi connectivity index (χ1) is 6.70. The lowest BCUT2D eigenvalue weighted by molar-refractivity contribution is 0.503. The molecule has 0 unspecified atom stereocenters. The first-order valence-electron chi connectivity index (χ1n) is 3.99. The SMILES string of the molecule is CC1=NNNN1c1cccc(F)c1F. The van der Waals surface area contributed by atoms with E-state index in [1.165, 1.54) is 17.1 Å². The Balaban J connectivity index is 2.42. The molecule has 1 aliphatic heterocycles. The van der Waals surface area contributed by atoms with Gasteiger partial charge >= 0.3 is 0 Å². The molecule has 0 radical (unpaired) electrons. The second-order valence-corrected chi connectivity index (χ2v) is 2.79. The van der Waals surface area contributed by atoms with Crippen LogP contribution in [-0.4, -0.2) is 5.84 Å². The Morgan fingerprint density at radius 1 is 1.36 bits per heavy atom. The third-order valence-corrected chi connectivity index (χ3v) is 1.88. The number of hydrazone groups is 1. The average Bonchev–Trinajstić information content (AvgIpc) is 2.57. The zero-order valence-corrected chi connectivity index (χ0v) is 7.38. The van der Waals surface area contributed by atoms with Crippen molar-refractivity contribution in [2.24, 2.45) is 5.10 Å². The molecule has 1 aromatic carbocycles. The van der Waals surface area contributed by atoms with Gasteiger partial charge in [0.2, 0.25) is 0 Å². The highest BCUT2D eigenvalue weighted by atomic mass is 19.2. The van der Waals surface area contributed by atoms with Gasteiger partial charge in [0.15, 0.2) is 11.6 Å². The maximum Gasteiger partial charge on any atom is 0.184 e. The molecule has 0 saturated carbocycles. The molecule has 2 N–H and O–H groups in total. The molecule has 6 heteroatoms. The Hall–Kier alpha value is -1.69. The third kappa shape index (κ3) is 1.29. The lowest BCUT2D eigenvalue weighted by Crippen LogP contribution is -2.40. The number of anilines is 1. The van der Waals surface area contributed by atoms with E-state index in [2.05, 4.69) is 16.2 Å². The van der Waals surface area contributed by atoms with Gasteiger partial charge in [-0.3, -0.25) is 0 Å². The Morgan fingerprint density at radius 3 is 2.79 bits per heavy atom. The highest BCUT2D eigenvalue weighted by Gasteiger charge is 2.19. The third-order valence-electron chi connectivity index (χ3n) is 1.88. The summed E-state index contributed by atoms with van der Waals surface area (Å²) in [6, 6.07) is 3.95. The van der Waals surface area contributed by atoms with Crippen LogP contribution in [0.15, 0.2) is 23.3 Å².